The van der Waals surface area contributed by atoms with Crippen LogP contribution < -0.4 is 21.7 Å². The number of aliphatic hydroxyl groups excluding tert-OH is 1. The highest BCUT2D eigenvalue weighted by molar-refractivity contribution is 5.96. The summed E-state index contributed by atoms with van der Waals surface area (Å²) in [6, 6.07) is 5.94. The molecule has 8 heteroatoms. The van der Waals surface area contributed by atoms with Crippen LogP contribution in [0.15, 0.2) is 24.3 Å². The Kier molecular flexibility index (Phi) is 10.2. The SMILES string of the molecule is CN[C@H](C(=O)C[C@H](CCCNC(N)=O)C(=O)Nc1ccc(CO)cc1)C(C)C. The monoisotopic (exact) mass is 392 g/mol. The van der Waals surface area contributed by atoms with Gasteiger partial charge in [0, 0.05) is 24.6 Å². The third-order valence-electron chi connectivity index (χ3n) is 4.58. The van der Waals surface area contributed by atoms with Gasteiger partial charge >= 0.3 is 6.03 Å². The quantitative estimate of drug-likeness (QED) is 0.343. The molecule has 0 aliphatic carbocycles. The molecule has 6 N–H and O–H groups in total. The Morgan fingerprint density at radius 1 is 1.14 bits per heavy atom. The van der Waals surface area contributed by atoms with Gasteiger partial charge in [-0.05, 0) is 43.5 Å². The van der Waals surface area contributed by atoms with Crippen molar-refractivity contribution in [2.45, 2.75) is 45.8 Å². The van der Waals surface area contributed by atoms with E-state index in [1.54, 1.807) is 31.3 Å². The Hall–Kier alpha value is -2.45. The summed E-state index contributed by atoms with van der Waals surface area (Å²) in [6.45, 7) is 4.18. The topological polar surface area (TPSA) is 134 Å². The first kappa shape index (κ1) is 23.6. The summed E-state index contributed by atoms with van der Waals surface area (Å²) < 4.78 is 0. The number of Topliss-reactive ketones (excluding diaryl/α,β-unsaturated/α-hetero) is 1. The van der Waals surface area contributed by atoms with Gasteiger partial charge in [-0.1, -0.05) is 26.0 Å². The minimum atomic E-state index is -0.615. The molecular weight excluding hydrogens is 360 g/mol. The van der Waals surface area contributed by atoms with E-state index in [-0.39, 0.29) is 36.7 Å². The third-order valence-corrected chi connectivity index (χ3v) is 4.58. The Labute approximate surface area is 166 Å². The van der Waals surface area contributed by atoms with E-state index in [1.807, 2.05) is 13.8 Å². The van der Waals surface area contributed by atoms with Crippen LogP contribution in [0.3, 0.4) is 0 Å². The van der Waals surface area contributed by atoms with E-state index in [9.17, 15) is 14.4 Å². The van der Waals surface area contributed by atoms with Crippen molar-refractivity contribution >= 4 is 23.4 Å². The minimum absolute atomic E-state index is 0.0175. The molecule has 0 fully saturated rings. The standard InChI is InChI=1S/C20H32N4O4/c1-13(2)18(22-3)17(26)11-15(5-4-10-23-20(21)28)19(27)24-16-8-6-14(12-25)7-9-16/h6-9,13,15,18,22,25H,4-5,10-12H2,1-3H3,(H,24,27)(H3,21,23,28)/t15-,18-/m0/s1. The van der Waals surface area contributed by atoms with E-state index in [0.717, 1.165) is 5.56 Å². The second kappa shape index (κ2) is 12.1. The largest absolute Gasteiger partial charge is 0.392 e. The molecule has 0 saturated carbocycles. The van der Waals surface area contributed by atoms with Gasteiger partial charge in [0.15, 0.2) is 5.78 Å². The maximum absolute atomic E-state index is 12.8. The number of anilines is 1. The number of nitrogens with two attached hydrogens (primary N) is 1. The van der Waals surface area contributed by atoms with E-state index >= 15 is 0 Å². The predicted octanol–water partition coefficient (Wildman–Crippen LogP) is 1.39. The normalized spacial score (nSPS) is 13.0. The molecule has 1 aromatic carbocycles. The lowest BCUT2D eigenvalue weighted by molar-refractivity contribution is -0.128. The number of carbonyl (C=O) groups excluding carboxylic acids is 3. The number of urea groups is 1. The molecule has 0 radical (unpaired) electrons. The smallest absolute Gasteiger partial charge is 0.312 e. The molecule has 1 rings (SSSR count). The summed E-state index contributed by atoms with van der Waals surface area (Å²) in [5.41, 5.74) is 6.40. The maximum atomic E-state index is 12.8. The Balaban J connectivity index is 2.80. The van der Waals surface area contributed by atoms with Crippen LogP contribution in [-0.4, -0.2) is 42.5 Å². The number of benzene rings is 1. The molecule has 0 spiro atoms. The summed E-state index contributed by atoms with van der Waals surface area (Å²) in [4.78, 5) is 36.2. The van der Waals surface area contributed by atoms with Gasteiger partial charge in [-0.25, -0.2) is 4.79 Å². The van der Waals surface area contributed by atoms with Crippen molar-refractivity contribution in [1.29, 1.82) is 0 Å². The third kappa shape index (κ3) is 8.06. The first-order valence-corrected chi connectivity index (χ1v) is 9.52. The zero-order valence-electron chi connectivity index (χ0n) is 16.8. The zero-order valence-corrected chi connectivity index (χ0v) is 16.8. The highest BCUT2D eigenvalue weighted by Crippen LogP contribution is 2.19. The number of amides is 3. The lowest BCUT2D eigenvalue weighted by atomic mass is 9.89. The molecule has 0 aromatic heterocycles. The van der Waals surface area contributed by atoms with E-state index in [4.69, 9.17) is 10.8 Å². The van der Waals surface area contributed by atoms with Crippen molar-refractivity contribution in [3.63, 3.8) is 0 Å². The molecule has 8 nitrogen and oxygen atoms in total. The highest BCUT2D eigenvalue weighted by Gasteiger charge is 2.27. The summed E-state index contributed by atoms with van der Waals surface area (Å²) in [5.74, 6) is -0.669. The van der Waals surface area contributed by atoms with Crippen LogP contribution in [0, 0.1) is 11.8 Å². The fourth-order valence-corrected chi connectivity index (χ4v) is 3.06. The number of carbonyl (C=O) groups is 3. The van der Waals surface area contributed by atoms with Gasteiger partial charge in [-0.2, -0.15) is 0 Å². The van der Waals surface area contributed by atoms with Crippen LogP contribution in [0.5, 0.6) is 0 Å². The average molecular weight is 393 g/mol. The summed E-state index contributed by atoms with van der Waals surface area (Å²) in [7, 11) is 1.73. The van der Waals surface area contributed by atoms with Crippen molar-refractivity contribution in [1.82, 2.24) is 10.6 Å². The van der Waals surface area contributed by atoms with Crippen molar-refractivity contribution in [2.24, 2.45) is 17.6 Å². The van der Waals surface area contributed by atoms with Crippen LogP contribution in [0.4, 0.5) is 10.5 Å². The number of nitrogens with one attached hydrogen (secondary N) is 3. The predicted molar refractivity (Wildman–Crippen MR) is 109 cm³/mol. The van der Waals surface area contributed by atoms with Gasteiger partial charge in [-0.15, -0.1) is 0 Å². The number of likely N-dealkylation sites (N-methyl/N-ethyl adjacent to an activating group) is 1. The summed E-state index contributed by atoms with van der Waals surface area (Å²) >= 11 is 0. The Bertz CT molecular complexity index is 646. The van der Waals surface area contributed by atoms with Crippen molar-refractivity contribution < 1.29 is 19.5 Å². The van der Waals surface area contributed by atoms with Gasteiger partial charge < -0.3 is 26.8 Å². The molecule has 28 heavy (non-hydrogen) atoms. The van der Waals surface area contributed by atoms with Crippen LogP contribution in [0.2, 0.25) is 0 Å². The summed E-state index contributed by atoms with van der Waals surface area (Å²) in [5, 5.41) is 17.4. The Morgan fingerprint density at radius 3 is 2.29 bits per heavy atom. The lowest BCUT2D eigenvalue weighted by Gasteiger charge is -2.22. The molecule has 156 valence electrons. The first-order chi connectivity index (χ1) is 13.3. The molecule has 0 aliphatic heterocycles. The highest BCUT2D eigenvalue weighted by atomic mass is 16.3. The van der Waals surface area contributed by atoms with E-state index in [0.29, 0.717) is 25.1 Å². The fourth-order valence-electron chi connectivity index (χ4n) is 3.06. The van der Waals surface area contributed by atoms with Gasteiger partial charge in [0.2, 0.25) is 5.91 Å². The number of aliphatic hydroxyl groups is 1. The van der Waals surface area contributed by atoms with Gasteiger partial charge in [0.05, 0.1) is 12.6 Å². The number of primary amides is 1. The van der Waals surface area contributed by atoms with Crippen molar-refractivity contribution in [3.8, 4) is 0 Å². The maximum Gasteiger partial charge on any atom is 0.312 e. The number of hydrogen-bond acceptors (Lipinski definition) is 5. The number of ketones is 1. The zero-order chi connectivity index (χ0) is 21.1. The molecule has 3 amide bonds. The molecule has 0 bridgehead atoms. The van der Waals surface area contributed by atoms with E-state index in [1.165, 1.54) is 0 Å². The van der Waals surface area contributed by atoms with Crippen molar-refractivity contribution in [3.05, 3.63) is 29.8 Å². The molecule has 1 aromatic rings. The van der Waals surface area contributed by atoms with Crippen molar-refractivity contribution in [2.75, 3.05) is 18.9 Å². The molecule has 2 atom stereocenters. The lowest BCUT2D eigenvalue weighted by Crippen LogP contribution is -2.40. The van der Waals surface area contributed by atoms with E-state index < -0.39 is 11.9 Å². The van der Waals surface area contributed by atoms with Crippen LogP contribution in [0.25, 0.3) is 0 Å². The number of hydrogen-bond donors (Lipinski definition) is 5. The van der Waals surface area contributed by atoms with E-state index in [2.05, 4.69) is 16.0 Å². The molecular formula is C20H32N4O4. The second-order valence-electron chi connectivity index (χ2n) is 7.16. The van der Waals surface area contributed by atoms with Crippen LogP contribution >= 0.6 is 0 Å². The Morgan fingerprint density at radius 2 is 1.79 bits per heavy atom. The first-order valence-electron chi connectivity index (χ1n) is 9.52. The molecule has 0 heterocycles. The second-order valence-corrected chi connectivity index (χ2v) is 7.16. The molecule has 0 aliphatic rings. The summed E-state index contributed by atoms with van der Waals surface area (Å²) in [6.07, 6.45) is 1.09. The fraction of sp³-hybridized carbons (Fsp3) is 0.550. The van der Waals surface area contributed by atoms with Crippen LogP contribution in [0.1, 0.15) is 38.7 Å². The van der Waals surface area contributed by atoms with Gasteiger partial charge in [0.1, 0.15) is 0 Å². The molecule has 0 saturated heterocycles. The van der Waals surface area contributed by atoms with Gasteiger partial charge in [0.25, 0.3) is 0 Å². The average Bonchev–Trinajstić information content (AvgIpc) is 2.64. The van der Waals surface area contributed by atoms with Crippen LogP contribution in [-0.2, 0) is 16.2 Å². The number of rotatable bonds is 12. The minimum Gasteiger partial charge on any atom is -0.392 e. The molecule has 0 unspecified atom stereocenters. The van der Waals surface area contributed by atoms with Gasteiger partial charge in [-0.3, -0.25) is 9.59 Å².